The zero-order valence-electron chi connectivity index (χ0n) is 18.2. The highest BCUT2D eigenvalue weighted by Gasteiger charge is 2.56. The molecule has 2 aliphatic rings. The number of hydrogen-bond acceptors (Lipinski definition) is 3. The van der Waals surface area contributed by atoms with Crippen LogP contribution in [0.3, 0.4) is 0 Å². The van der Waals surface area contributed by atoms with E-state index in [1.54, 1.807) is 0 Å². The predicted molar refractivity (Wildman–Crippen MR) is 112 cm³/mol. The number of rotatable bonds is 5. The van der Waals surface area contributed by atoms with Gasteiger partial charge in [-0.25, -0.2) is 4.79 Å². The first kappa shape index (κ1) is 21.3. The smallest absolute Gasteiger partial charge is 0.325 e. The molecule has 3 rings (SSSR count). The summed E-state index contributed by atoms with van der Waals surface area (Å²) < 4.78 is 0. The van der Waals surface area contributed by atoms with Gasteiger partial charge in [0.2, 0.25) is 5.91 Å². The summed E-state index contributed by atoms with van der Waals surface area (Å²) in [6, 6.07) is 9.49. The zero-order chi connectivity index (χ0) is 21.4. The Morgan fingerprint density at radius 2 is 1.86 bits per heavy atom. The highest BCUT2D eigenvalue weighted by atomic mass is 16.2. The Kier molecular flexibility index (Phi) is 5.50. The first-order valence-corrected chi connectivity index (χ1v) is 10.4. The number of carbonyl (C=O) groups is 3. The number of imide groups is 1. The van der Waals surface area contributed by atoms with E-state index in [2.05, 4.69) is 45.3 Å². The van der Waals surface area contributed by atoms with Crippen molar-refractivity contribution >= 4 is 17.8 Å². The molecular weight excluding hydrogens is 366 g/mol. The maximum absolute atomic E-state index is 13.1. The van der Waals surface area contributed by atoms with Crippen LogP contribution in [0.1, 0.15) is 59.4 Å². The van der Waals surface area contributed by atoms with E-state index in [1.807, 2.05) is 30.3 Å². The molecule has 1 heterocycles. The number of carbonyl (C=O) groups excluding carboxylic acids is 3. The molecule has 6 nitrogen and oxygen atoms in total. The van der Waals surface area contributed by atoms with Crippen molar-refractivity contribution in [3.8, 4) is 0 Å². The number of benzene rings is 1. The first-order valence-electron chi connectivity index (χ1n) is 10.4. The minimum absolute atomic E-state index is 0.0292. The van der Waals surface area contributed by atoms with Crippen molar-refractivity contribution in [1.82, 2.24) is 15.5 Å². The lowest BCUT2D eigenvalue weighted by Gasteiger charge is -2.43. The SMILES string of the molecule is CC1CC(C)(C)CC2(C1)NC(=O)N(CC(=O)NCC(C)(C)c1ccccc1)C2=O. The third kappa shape index (κ3) is 4.46. The standard InChI is InChI=1S/C23H33N3O3/c1-16-11-21(2,3)14-23(12-16)19(28)26(20(29)25-23)13-18(27)24-15-22(4,5)17-9-7-6-8-10-17/h6-10,16H,11-15H2,1-5H3,(H,24,27)(H,25,29). The Morgan fingerprint density at radius 3 is 2.48 bits per heavy atom. The second-order valence-corrected chi connectivity index (χ2v) is 10.3. The van der Waals surface area contributed by atoms with Gasteiger partial charge in [0.25, 0.3) is 5.91 Å². The van der Waals surface area contributed by atoms with Gasteiger partial charge in [-0.2, -0.15) is 0 Å². The lowest BCUT2D eigenvalue weighted by Crippen LogP contribution is -2.54. The van der Waals surface area contributed by atoms with Gasteiger partial charge in [-0.1, -0.05) is 65.0 Å². The molecule has 158 valence electrons. The molecular formula is C23H33N3O3. The summed E-state index contributed by atoms with van der Waals surface area (Å²) in [5, 5.41) is 5.81. The van der Waals surface area contributed by atoms with Gasteiger partial charge < -0.3 is 10.6 Å². The average molecular weight is 400 g/mol. The summed E-state index contributed by atoms with van der Waals surface area (Å²) >= 11 is 0. The second-order valence-electron chi connectivity index (χ2n) is 10.3. The van der Waals surface area contributed by atoms with Gasteiger partial charge in [0.1, 0.15) is 12.1 Å². The average Bonchev–Trinajstić information content (AvgIpc) is 2.82. The molecule has 1 aromatic rings. The highest BCUT2D eigenvalue weighted by molar-refractivity contribution is 6.09. The van der Waals surface area contributed by atoms with E-state index in [0.29, 0.717) is 25.3 Å². The van der Waals surface area contributed by atoms with E-state index < -0.39 is 11.6 Å². The topological polar surface area (TPSA) is 78.5 Å². The summed E-state index contributed by atoms with van der Waals surface area (Å²) in [4.78, 5) is 39.3. The Labute approximate surface area is 173 Å². The lowest BCUT2D eigenvalue weighted by molar-refractivity contribution is -0.137. The van der Waals surface area contributed by atoms with Crippen molar-refractivity contribution in [2.24, 2.45) is 11.3 Å². The number of urea groups is 1. The van der Waals surface area contributed by atoms with Crippen LogP contribution in [-0.4, -0.2) is 41.4 Å². The van der Waals surface area contributed by atoms with Crippen LogP contribution in [0.15, 0.2) is 30.3 Å². The van der Waals surface area contributed by atoms with Crippen LogP contribution in [-0.2, 0) is 15.0 Å². The molecule has 4 amide bonds. The van der Waals surface area contributed by atoms with Crippen molar-refractivity contribution in [3.63, 3.8) is 0 Å². The van der Waals surface area contributed by atoms with Gasteiger partial charge in [0.05, 0.1) is 0 Å². The van der Waals surface area contributed by atoms with E-state index in [-0.39, 0.29) is 29.2 Å². The molecule has 1 spiro atoms. The van der Waals surface area contributed by atoms with Crippen LogP contribution < -0.4 is 10.6 Å². The third-order valence-corrected chi connectivity index (χ3v) is 6.21. The molecule has 2 atom stereocenters. The summed E-state index contributed by atoms with van der Waals surface area (Å²) in [5.41, 5.74) is -0.0359. The molecule has 6 heteroatoms. The molecule has 2 unspecified atom stereocenters. The minimum atomic E-state index is -0.873. The van der Waals surface area contributed by atoms with E-state index in [9.17, 15) is 14.4 Å². The van der Waals surface area contributed by atoms with E-state index >= 15 is 0 Å². The predicted octanol–water partition coefficient (Wildman–Crippen LogP) is 3.22. The summed E-state index contributed by atoms with van der Waals surface area (Å²) in [7, 11) is 0. The fraction of sp³-hybridized carbons (Fsp3) is 0.609. The summed E-state index contributed by atoms with van der Waals surface area (Å²) in [6.07, 6.45) is 2.25. The first-order chi connectivity index (χ1) is 13.4. The van der Waals surface area contributed by atoms with Crippen molar-refractivity contribution in [2.45, 2.75) is 64.8 Å². The zero-order valence-corrected chi connectivity index (χ0v) is 18.2. The fourth-order valence-corrected chi connectivity index (χ4v) is 5.16. The lowest BCUT2D eigenvalue weighted by atomic mass is 9.64. The van der Waals surface area contributed by atoms with Crippen LogP contribution in [0.2, 0.25) is 0 Å². The van der Waals surface area contributed by atoms with Gasteiger partial charge in [-0.15, -0.1) is 0 Å². The minimum Gasteiger partial charge on any atom is -0.354 e. The van der Waals surface area contributed by atoms with Crippen LogP contribution in [0.4, 0.5) is 4.79 Å². The third-order valence-electron chi connectivity index (χ3n) is 6.21. The highest BCUT2D eigenvalue weighted by Crippen LogP contribution is 2.46. The summed E-state index contributed by atoms with van der Waals surface area (Å²) in [5.74, 6) is -0.249. The van der Waals surface area contributed by atoms with Crippen LogP contribution in [0.5, 0.6) is 0 Å². The number of nitrogens with one attached hydrogen (secondary N) is 2. The van der Waals surface area contributed by atoms with Gasteiger partial charge in [0.15, 0.2) is 0 Å². The molecule has 1 aliphatic carbocycles. The molecule has 2 N–H and O–H groups in total. The summed E-state index contributed by atoms with van der Waals surface area (Å²) in [6.45, 7) is 10.7. The van der Waals surface area contributed by atoms with Crippen molar-refractivity contribution in [3.05, 3.63) is 35.9 Å². The Hall–Kier alpha value is -2.37. The maximum Gasteiger partial charge on any atom is 0.325 e. The Balaban J connectivity index is 1.64. The van der Waals surface area contributed by atoms with Crippen LogP contribution in [0.25, 0.3) is 0 Å². The van der Waals surface area contributed by atoms with Crippen molar-refractivity contribution in [2.75, 3.05) is 13.1 Å². The monoisotopic (exact) mass is 399 g/mol. The largest absolute Gasteiger partial charge is 0.354 e. The molecule has 1 saturated carbocycles. The second kappa shape index (κ2) is 7.47. The number of nitrogens with zero attached hydrogens (tertiary/aromatic N) is 1. The molecule has 2 fully saturated rings. The quantitative estimate of drug-likeness (QED) is 0.746. The van der Waals surface area contributed by atoms with Crippen LogP contribution in [0, 0.1) is 11.3 Å². The van der Waals surface area contributed by atoms with Crippen molar-refractivity contribution < 1.29 is 14.4 Å². The van der Waals surface area contributed by atoms with Crippen molar-refractivity contribution in [1.29, 1.82) is 0 Å². The maximum atomic E-state index is 13.1. The van der Waals surface area contributed by atoms with Gasteiger partial charge in [-0.05, 0) is 36.2 Å². The Bertz CT molecular complexity index is 803. The van der Waals surface area contributed by atoms with Gasteiger partial charge in [-0.3, -0.25) is 14.5 Å². The van der Waals surface area contributed by atoms with E-state index in [0.717, 1.165) is 16.9 Å². The Morgan fingerprint density at radius 1 is 1.21 bits per heavy atom. The normalized spacial score (nSPS) is 26.5. The fourth-order valence-electron chi connectivity index (χ4n) is 5.16. The van der Waals surface area contributed by atoms with Gasteiger partial charge >= 0.3 is 6.03 Å². The van der Waals surface area contributed by atoms with E-state index in [4.69, 9.17) is 0 Å². The van der Waals surface area contributed by atoms with Gasteiger partial charge in [0, 0.05) is 12.0 Å². The number of hydrogen-bond donors (Lipinski definition) is 2. The molecule has 29 heavy (non-hydrogen) atoms. The molecule has 1 aliphatic heterocycles. The molecule has 0 radical (unpaired) electrons. The molecule has 1 saturated heterocycles. The molecule has 0 bridgehead atoms. The number of amides is 4. The van der Waals surface area contributed by atoms with E-state index in [1.165, 1.54) is 0 Å². The van der Waals surface area contributed by atoms with Crippen LogP contribution >= 0.6 is 0 Å². The molecule has 0 aromatic heterocycles. The molecule has 1 aromatic carbocycles.